The molecule has 1 aromatic rings. The molecule has 0 aliphatic carbocycles. The summed E-state index contributed by atoms with van der Waals surface area (Å²) in [6.07, 6.45) is -42.1. The second-order valence-electron chi connectivity index (χ2n) is 20.8. The van der Waals surface area contributed by atoms with Crippen LogP contribution in [0.3, 0.4) is 0 Å². The molecule has 1 unspecified atom stereocenters. The first-order valence-corrected chi connectivity index (χ1v) is 26.5. The van der Waals surface area contributed by atoms with Gasteiger partial charge in [0.2, 0.25) is 35.2 Å². The van der Waals surface area contributed by atoms with Crippen LogP contribution in [0.15, 0.2) is 24.3 Å². The second kappa shape index (κ2) is 34.2. The van der Waals surface area contributed by atoms with Crippen LogP contribution in [0, 0.1) is 5.82 Å². The maximum absolute atomic E-state index is 13.5. The first kappa shape index (κ1) is 78.4. The summed E-state index contributed by atoms with van der Waals surface area (Å²) in [5.74, 6) is -17.6. The van der Waals surface area contributed by atoms with E-state index in [1.165, 1.54) is 6.92 Å². The quantitative estimate of drug-likeness (QED) is 0.0302. The maximum atomic E-state index is 13.5. The monoisotopic (exact) mass is 1290 g/mol. The van der Waals surface area contributed by atoms with Crippen molar-refractivity contribution in [2.75, 3.05) is 33.5 Å². The summed E-state index contributed by atoms with van der Waals surface area (Å²) < 4.78 is 65.0. The third kappa shape index (κ3) is 19.1. The summed E-state index contributed by atoms with van der Waals surface area (Å²) in [6, 6.07) is -3.07. The van der Waals surface area contributed by atoms with Crippen LogP contribution in [0.5, 0.6) is 0 Å². The Bertz CT molecular complexity index is 2540. The van der Waals surface area contributed by atoms with Crippen LogP contribution in [-0.2, 0) is 76.2 Å². The van der Waals surface area contributed by atoms with Gasteiger partial charge in [0.1, 0.15) is 97.0 Å². The molecule has 4 saturated heterocycles. The number of benzene rings is 1. The van der Waals surface area contributed by atoms with Crippen molar-refractivity contribution >= 4 is 47.4 Å². The molecule has 38 heteroatoms. The molecule has 0 radical (unpaired) electrons. The zero-order chi connectivity index (χ0) is 64.4. The number of esters is 1. The van der Waals surface area contributed by atoms with Crippen LogP contribution in [0.4, 0.5) is 4.39 Å². The van der Waals surface area contributed by atoms with Crippen molar-refractivity contribution in [3.8, 4) is 0 Å². The van der Waals surface area contributed by atoms with Crippen LogP contribution in [0.1, 0.15) is 57.8 Å². The Morgan fingerprint density at radius 2 is 1.17 bits per heavy atom. The normalized spacial score (nSPS) is 34.2. The molecule has 35 nitrogen and oxygen atoms in total. The number of aliphatic carboxylic acids is 2. The molecule has 4 fully saturated rings. The number of methoxy groups -OCH3 is 1. The molecule has 16 N–H and O–H groups in total. The molecule has 5 amide bonds. The van der Waals surface area contributed by atoms with E-state index in [0.29, 0.717) is 0 Å². The Morgan fingerprint density at radius 3 is 1.66 bits per heavy atom. The molecule has 0 saturated carbocycles. The Balaban J connectivity index is 0.0000101. The Morgan fingerprint density at radius 1 is 0.682 bits per heavy atom. The zero-order valence-electron chi connectivity index (χ0n) is 48.8. The number of hydrogen-bond acceptors (Lipinski definition) is 30. The largest absolute Gasteiger partial charge is 1.00 e. The minimum atomic E-state index is -3.40. The number of aliphatic hydroxyl groups is 11. The molecular weight excluding hydrogens is 1220 g/mol. The first-order valence-electron chi connectivity index (χ1n) is 26.5. The van der Waals surface area contributed by atoms with Gasteiger partial charge in [0.15, 0.2) is 18.6 Å². The van der Waals surface area contributed by atoms with Gasteiger partial charge in [0.25, 0.3) is 5.91 Å². The topological polar surface area (TPSA) is 548 Å². The van der Waals surface area contributed by atoms with Gasteiger partial charge < -0.3 is 145 Å². The molecule has 486 valence electrons. The summed E-state index contributed by atoms with van der Waals surface area (Å²) >= 11 is 0. The minimum Gasteiger partial charge on any atom is -0.544 e. The number of carboxylic acid groups (broad SMARTS) is 2. The van der Waals surface area contributed by atoms with Gasteiger partial charge in [-0.3, -0.25) is 24.0 Å². The average Bonchev–Trinajstić information content (AvgIpc) is 0.788. The SMILES string of the molecule is COC(=O)C(NC(C)=O)[C@@H](C)O[C@H]1O[C@H](CO[C@]2(C(=O)[O-])C[C@H](O)[C@@H](NC(C)=O)[C@H]([C@H](O)[C@H](O)CNC(=O)c3ccc(F)cc3)O2)[C@H](O)[C@H](O[C@@H]2O[C@H](CO)[C@H](O)[C@H](O[C@]3(C(=O)[O-])C[C@H](O)[C@@H](NC(C)=O)[C@H]([C@H](O)[C@H](O)CO)O3)[C@H]2O)[C@H]1NC(C)=O.[Na+].[Na+]. The number of nitrogens with one attached hydrogen (secondary N) is 5. The maximum Gasteiger partial charge on any atom is 1.00 e. The van der Waals surface area contributed by atoms with Crippen molar-refractivity contribution in [3.05, 3.63) is 35.6 Å². The number of carbonyl (C=O) groups excluding carboxylic acids is 8. The minimum absolute atomic E-state index is 0. The molecular formula is C50H72FN5Na2O30. The number of carbonyl (C=O) groups is 8. The van der Waals surface area contributed by atoms with Crippen LogP contribution in [-0.4, -0.2) is 283 Å². The predicted molar refractivity (Wildman–Crippen MR) is 267 cm³/mol. The number of aliphatic hydroxyl groups excluding tert-OH is 11. The molecule has 0 spiro atoms. The van der Waals surface area contributed by atoms with E-state index in [4.69, 9.17) is 42.6 Å². The average molecular weight is 1290 g/mol. The number of carboxylic acids is 2. The fraction of sp³-hybridized carbons (Fsp3) is 0.720. The van der Waals surface area contributed by atoms with E-state index in [1.807, 2.05) is 0 Å². The number of hydrogen-bond donors (Lipinski definition) is 16. The predicted octanol–water partition coefficient (Wildman–Crippen LogP) is -17.9. The van der Waals surface area contributed by atoms with Gasteiger partial charge in [0, 0.05) is 52.6 Å². The number of ether oxygens (including phenoxy) is 9. The van der Waals surface area contributed by atoms with Crippen molar-refractivity contribution in [3.63, 3.8) is 0 Å². The third-order valence-corrected chi connectivity index (χ3v) is 14.3. The van der Waals surface area contributed by atoms with Crippen LogP contribution < -0.4 is 95.9 Å². The fourth-order valence-electron chi connectivity index (χ4n) is 10.0. The van der Waals surface area contributed by atoms with Crippen LogP contribution >= 0.6 is 0 Å². The second-order valence-corrected chi connectivity index (χ2v) is 20.8. The van der Waals surface area contributed by atoms with E-state index in [2.05, 4.69) is 26.6 Å². The standard InChI is InChI=1S/C50H74FN5O30.2Na/c1-17(30(44(73)78-6)53-18(2)59)80-45-33(56-21(5)62)39(83-46-38(71)42(36(69)28(15-58)81-46)86-50(48(76)77)12-25(64)32(55-20(4)61)41(85-50)35(68)27(66)14-57)37(70)29(82-45)16-79-49(47(74)75)11-24(63)31(54-19(3)60)40(84-49)34(67)26(65)13-52-43(72)22-7-9-23(51)10-8-22;;/h7-10,17,24-42,45-46,57-58,63-71H,11-16H2,1-6H3,(H,52,72)(H,53,59)(H,54,60)(H,55,61)(H,56,62)(H,74,75)(H,76,77);;/q;2*+1/p-2/t17-,24+,25+,26-,27-,28-,29-,30?,31-,32-,33-,34-,35-,36+,37+,38-,39-,40-,41-,42+,45+,46+,49-,50+;;/m1../s1. The van der Waals surface area contributed by atoms with Crippen molar-refractivity contribution < 1.29 is 211 Å². The molecule has 4 aliphatic heterocycles. The van der Waals surface area contributed by atoms with Crippen molar-refractivity contribution in [1.82, 2.24) is 26.6 Å². The van der Waals surface area contributed by atoms with Gasteiger partial charge in [-0.2, -0.15) is 0 Å². The van der Waals surface area contributed by atoms with Crippen LogP contribution in [0.25, 0.3) is 0 Å². The molecule has 24 atom stereocenters. The van der Waals surface area contributed by atoms with Gasteiger partial charge in [-0.1, -0.05) is 0 Å². The van der Waals surface area contributed by atoms with E-state index in [9.17, 15) is 109 Å². The molecule has 5 rings (SSSR count). The first-order chi connectivity index (χ1) is 40.2. The van der Waals surface area contributed by atoms with Gasteiger partial charge >= 0.3 is 65.1 Å². The Labute approximate surface area is 544 Å². The van der Waals surface area contributed by atoms with E-state index < -0.39 is 238 Å². The molecule has 88 heavy (non-hydrogen) atoms. The summed E-state index contributed by atoms with van der Waals surface area (Å²) in [5.41, 5.74) is -0.0974. The smallest absolute Gasteiger partial charge is 0.544 e. The fourth-order valence-corrected chi connectivity index (χ4v) is 10.0. The van der Waals surface area contributed by atoms with Gasteiger partial charge in [-0.15, -0.1) is 0 Å². The van der Waals surface area contributed by atoms with Gasteiger partial charge in [-0.25, -0.2) is 9.18 Å². The third-order valence-electron chi connectivity index (χ3n) is 14.3. The Kier molecular flexibility index (Phi) is 30.4. The van der Waals surface area contributed by atoms with E-state index in [0.717, 1.165) is 59.1 Å². The molecule has 0 aromatic heterocycles. The molecule has 1 aromatic carbocycles. The number of rotatable bonds is 26. The van der Waals surface area contributed by atoms with E-state index in [-0.39, 0.29) is 64.7 Å². The summed E-state index contributed by atoms with van der Waals surface area (Å²) in [5, 5.41) is 160. The molecule has 4 aliphatic rings. The zero-order valence-corrected chi connectivity index (χ0v) is 52.8. The van der Waals surface area contributed by atoms with Crippen LogP contribution in [0.2, 0.25) is 0 Å². The number of amides is 5. The van der Waals surface area contributed by atoms with Crippen molar-refractivity contribution in [2.45, 2.75) is 193 Å². The Hall–Kier alpha value is -3.85. The molecule has 4 heterocycles. The molecule has 0 bridgehead atoms. The van der Waals surface area contributed by atoms with Gasteiger partial charge in [-0.05, 0) is 31.2 Å². The van der Waals surface area contributed by atoms with Gasteiger partial charge in [0.05, 0.1) is 63.4 Å². The van der Waals surface area contributed by atoms with E-state index in [1.54, 1.807) is 0 Å². The number of halogens is 1. The summed E-state index contributed by atoms with van der Waals surface area (Å²) in [4.78, 5) is 102. The summed E-state index contributed by atoms with van der Waals surface area (Å²) in [6.45, 7) is 0.469. The van der Waals surface area contributed by atoms with Crippen molar-refractivity contribution in [1.29, 1.82) is 0 Å². The summed E-state index contributed by atoms with van der Waals surface area (Å²) in [7, 11) is 0.940. The van der Waals surface area contributed by atoms with E-state index >= 15 is 0 Å². The van der Waals surface area contributed by atoms with Crippen molar-refractivity contribution in [2.24, 2.45) is 0 Å².